The van der Waals surface area contributed by atoms with Crippen molar-refractivity contribution in [3.8, 4) is 0 Å². The Kier molecular flexibility index (Phi) is 5.69. The second-order valence-corrected chi connectivity index (χ2v) is 10.1. The first kappa shape index (κ1) is 18.5. The lowest BCUT2D eigenvalue weighted by atomic mass is 9.48. The fourth-order valence-electron chi connectivity index (χ4n) is 6.73. The molecule has 0 aromatic carbocycles. The Balaban J connectivity index is 1.33. The molecule has 4 bridgehead atoms. The molecule has 26 heavy (non-hydrogen) atoms. The number of rotatable bonds is 9. The highest BCUT2D eigenvalue weighted by molar-refractivity contribution is 5.19. The summed E-state index contributed by atoms with van der Waals surface area (Å²) < 4.78 is 0. The second kappa shape index (κ2) is 8.00. The smallest absolute Gasteiger partial charge is 0.0270 e. The Hall–Kier alpha value is -0.890. The number of hydrogen-bond donors (Lipinski definition) is 0. The van der Waals surface area contributed by atoms with Gasteiger partial charge in [0.25, 0.3) is 0 Å². The van der Waals surface area contributed by atoms with Gasteiger partial charge in [-0.15, -0.1) is 0 Å². The van der Waals surface area contributed by atoms with Crippen LogP contribution in [0, 0.1) is 35.5 Å². The van der Waals surface area contributed by atoms with Crippen LogP contribution in [0.15, 0.2) is 24.5 Å². The van der Waals surface area contributed by atoms with Crippen molar-refractivity contribution in [3.05, 3.63) is 36.5 Å². The molecule has 0 saturated heterocycles. The summed E-state index contributed by atoms with van der Waals surface area (Å²) in [5, 5.41) is 0. The van der Waals surface area contributed by atoms with Gasteiger partial charge in [0.15, 0.2) is 0 Å². The van der Waals surface area contributed by atoms with Gasteiger partial charge in [-0.05, 0) is 138 Å². The fraction of sp³-hybridized carbons (Fsp3) is 0.750. The van der Waals surface area contributed by atoms with Crippen LogP contribution in [-0.4, -0.2) is 30.5 Å². The molecule has 0 spiro atoms. The number of aromatic nitrogens is 1. The standard InChI is InChI=1S/C24H37N2/c1-26(2)12-8-19(3-4-20-6-10-25-11-7-20)5-9-24-16-21-13-22(17-24)15-23(14-21)18-24/h4,6-7,10-11,19,21-23H,3,5,8-9,12-18H2,1-2H3. The molecule has 1 radical (unpaired) electrons. The van der Waals surface area contributed by atoms with Gasteiger partial charge >= 0.3 is 0 Å². The Labute approximate surface area is 160 Å². The van der Waals surface area contributed by atoms with Crippen LogP contribution < -0.4 is 0 Å². The normalized spacial score (nSPS) is 33.7. The topological polar surface area (TPSA) is 16.1 Å². The average Bonchev–Trinajstić information content (AvgIpc) is 2.60. The van der Waals surface area contributed by atoms with Crippen LogP contribution in [0.1, 0.15) is 69.8 Å². The molecule has 4 aliphatic rings. The molecular weight excluding hydrogens is 316 g/mol. The van der Waals surface area contributed by atoms with Gasteiger partial charge in [-0.3, -0.25) is 4.98 Å². The molecule has 5 rings (SSSR count). The second-order valence-electron chi connectivity index (χ2n) is 10.1. The van der Waals surface area contributed by atoms with Crippen molar-refractivity contribution < 1.29 is 0 Å². The zero-order chi connectivity index (χ0) is 18.0. The van der Waals surface area contributed by atoms with Gasteiger partial charge in [0, 0.05) is 12.4 Å². The molecule has 143 valence electrons. The Bertz CT molecular complexity index is 530. The molecule has 4 saturated carbocycles. The molecule has 2 nitrogen and oxygen atoms in total. The molecule has 0 amide bonds. The first-order valence-electron chi connectivity index (χ1n) is 11.0. The van der Waals surface area contributed by atoms with Crippen LogP contribution in [0.5, 0.6) is 0 Å². The van der Waals surface area contributed by atoms with Gasteiger partial charge < -0.3 is 4.90 Å². The van der Waals surface area contributed by atoms with Crippen molar-refractivity contribution in [3.63, 3.8) is 0 Å². The lowest BCUT2D eigenvalue weighted by Crippen LogP contribution is -2.46. The summed E-state index contributed by atoms with van der Waals surface area (Å²) in [7, 11) is 4.42. The van der Waals surface area contributed by atoms with Crippen molar-refractivity contribution in [1.29, 1.82) is 0 Å². The molecule has 4 fully saturated rings. The van der Waals surface area contributed by atoms with E-state index in [4.69, 9.17) is 0 Å². The monoisotopic (exact) mass is 353 g/mol. The predicted molar refractivity (Wildman–Crippen MR) is 109 cm³/mol. The Morgan fingerprint density at radius 2 is 1.65 bits per heavy atom. The van der Waals surface area contributed by atoms with E-state index in [1.807, 2.05) is 12.4 Å². The first-order valence-corrected chi connectivity index (χ1v) is 11.0. The van der Waals surface area contributed by atoms with Crippen LogP contribution in [0.25, 0.3) is 0 Å². The maximum absolute atomic E-state index is 4.15. The van der Waals surface area contributed by atoms with E-state index in [1.54, 1.807) is 38.5 Å². The Morgan fingerprint density at radius 3 is 2.23 bits per heavy atom. The van der Waals surface area contributed by atoms with Crippen molar-refractivity contribution in [2.75, 3.05) is 20.6 Å². The maximum Gasteiger partial charge on any atom is 0.0270 e. The van der Waals surface area contributed by atoms with E-state index in [9.17, 15) is 0 Å². The number of hydrogen-bond acceptors (Lipinski definition) is 2. The van der Waals surface area contributed by atoms with E-state index in [1.165, 1.54) is 37.8 Å². The van der Waals surface area contributed by atoms with Gasteiger partial charge in [-0.25, -0.2) is 0 Å². The minimum Gasteiger partial charge on any atom is -0.309 e. The molecule has 2 heteroatoms. The van der Waals surface area contributed by atoms with Crippen molar-refractivity contribution in [2.24, 2.45) is 29.1 Å². The predicted octanol–water partition coefficient (Wildman–Crippen LogP) is 5.59. The molecule has 1 heterocycles. The largest absolute Gasteiger partial charge is 0.309 e. The molecule has 4 aliphatic carbocycles. The highest BCUT2D eigenvalue weighted by atomic mass is 15.0. The Morgan fingerprint density at radius 1 is 1.04 bits per heavy atom. The lowest BCUT2D eigenvalue weighted by Gasteiger charge is -2.57. The summed E-state index contributed by atoms with van der Waals surface area (Å²) in [5.41, 5.74) is 2.08. The molecule has 1 aromatic rings. The average molecular weight is 354 g/mol. The minimum absolute atomic E-state index is 0.738. The third-order valence-corrected chi connectivity index (χ3v) is 7.63. The molecule has 0 aliphatic heterocycles. The van der Waals surface area contributed by atoms with Gasteiger partial charge in [0.1, 0.15) is 0 Å². The SMILES string of the molecule is CN(C)CCC(C[CH]c1ccncc1)CCC12CC3CC(CC(C3)C1)C2. The third kappa shape index (κ3) is 4.50. The highest BCUT2D eigenvalue weighted by Crippen LogP contribution is 2.61. The summed E-state index contributed by atoms with van der Waals surface area (Å²) in [6.45, 7) is 1.22. The summed E-state index contributed by atoms with van der Waals surface area (Å²) in [5.74, 6) is 4.10. The van der Waals surface area contributed by atoms with E-state index < -0.39 is 0 Å². The van der Waals surface area contributed by atoms with Crippen molar-refractivity contribution >= 4 is 0 Å². The van der Waals surface area contributed by atoms with Crippen LogP contribution >= 0.6 is 0 Å². The van der Waals surface area contributed by atoms with Crippen LogP contribution in [0.4, 0.5) is 0 Å². The van der Waals surface area contributed by atoms with E-state index in [2.05, 4.69) is 42.5 Å². The zero-order valence-electron chi connectivity index (χ0n) is 16.9. The van der Waals surface area contributed by atoms with Crippen LogP contribution in [0.3, 0.4) is 0 Å². The van der Waals surface area contributed by atoms with Gasteiger partial charge in [-0.1, -0.05) is 0 Å². The molecular formula is C24H37N2. The van der Waals surface area contributed by atoms with Crippen LogP contribution in [0.2, 0.25) is 0 Å². The minimum atomic E-state index is 0.738. The van der Waals surface area contributed by atoms with Gasteiger partial charge in [0.2, 0.25) is 0 Å². The summed E-state index contributed by atoms with van der Waals surface area (Å²) in [6, 6.07) is 4.28. The quantitative estimate of drug-likeness (QED) is 0.575. The molecule has 1 unspecified atom stereocenters. The van der Waals surface area contributed by atoms with Gasteiger partial charge in [-0.2, -0.15) is 0 Å². The summed E-state index contributed by atoms with van der Waals surface area (Å²) in [6.07, 6.45) is 21.2. The van der Waals surface area contributed by atoms with E-state index in [0.717, 1.165) is 29.1 Å². The summed E-state index contributed by atoms with van der Waals surface area (Å²) in [4.78, 5) is 6.50. The van der Waals surface area contributed by atoms with Crippen LogP contribution in [-0.2, 0) is 0 Å². The van der Waals surface area contributed by atoms with E-state index in [0.29, 0.717) is 0 Å². The van der Waals surface area contributed by atoms with E-state index in [-0.39, 0.29) is 0 Å². The van der Waals surface area contributed by atoms with Gasteiger partial charge in [0.05, 0.1) is 0 Å². The molecule has 1 aromatic heterocycles. The number of pyridine rings is 1. The van der Waals surface area contributed by atoms with Crippen molar-refractivity contribution in [1.82, 2.24) is 9.88 Å². The van der Waals surface area contributed by atoms with E-state index >= 15 is 0 Å². The number of nitrogens with zero attached hydrogens (tertiary/aromatic N) is 2. The molecule has 0 N–H and O–H groups in total. The summed E-state index contributed by atoms with van der Waals surface area (Å²) >= 11 is 0. The van der Waals surface area contributed by atoms with Crippen molar-refractivity contribution in [2.45, 2.75) is 64.2 Å². The lowest BCUT2D eigenvalue weighted by molar-refractivity contribution is -0.0602. The zero-order valence-corrected chi connectivity index (χ0v) is 16.9. The molecule has 1 atom stereocenters. The maximum atomic E-state index is 4.15. The highest BCUT2D eigenvalue weighted by Gasteiger charge is 2.50. The fourth-order valence-corrected chi connectivity index (χ4v) is 6.73. The first-order chi connectivity index (χ1) is 12.6. The third-order valence-electron chi connectivity index (χ3n) is 7.63.